The summed E-state index contributed by atoms with van der Waals surface area (Å²) in [7, 11) is 0. The zero-order valence-electron chi connectivity index (χ0n) is 12.4. The number of ether oxygens (including phenoxy) is 1. The van der Waals surface area contributed by atoms with E-state index in [1.165, 1.54) is 0 Å². The lowest BCUT2D eigenvalue weighted by molar-refractivity contribution is -0.147. The second kappa shape index (κ2) is 6.75. The Balaban J connectivity index is 1.78. The first-order valence-electron chi connectivity index (χ1n) is 7.22. The number of fused-ring (bicyclic) bond motifs is 2. The highest BCUT2D eigenvalue weighted by atomic mass is 32.2. The molecule has 0 aromatic heterocycles. The fraction of sp³-hybridized carbons (Fsp3) is 0.176. The molecule has 2 aromatic carbocycles. The average Bonchev–Trinajstić information content (AvgIpc) is 2.56. The zero-order valence-corrected chi connectivity index (χ0v) is 13.2. The summed E-state index contributed by atoms with van der Waals surface area (Å²) >= 11 is 1.72. The lowest BCUT2D eigenvalue weighted by Gasteiger charge is -2.32. The molecule has 0 unspecified atom stereocenters. The van der Waals surface area contributed by atoms with E-state index in [0.29, 0.717) is 6.54 Å². The van der Waals surface area contributed by atoms with Gasteiger partial charge in [-0.05, 0) is 24.3 Å². The van der Waals surface area contributed by atoms with Crippen LogP contribution in [0.2, 0.25) is 0 Å². The number of carbonyl (C=O) groups is 2. The van der Waals surface area contributed by atoms with E-state index in [0.717, 1.165) is 21.2 Å². The van der Waals surface area contributed by atoms with Gasteiger partial charge in [0.1, 0.15) is 0 Å². The first kappa shape index (κ1) is 15.4. The van der Waals surface area contributed by atoms with Crippen LogP contribution in [0.5, 0.6) is 0 Å². The lowest BCUT2D eigenvalue weighted by Crippen LogP contribution is -2.26. The molecule has 2 aromatic rings. The number of esters is 1. The van der Waals surface area contributed by atoms with Gasteiger partial charge in [-0.2, -0.15) is 0 Å². The summed E-state index contributed by atoms with van der Waals surface area (Å²) in [5.41, 5.74) is 7.11. The molecule has 118 valence electrons. The van der Waals surface area contributed by atoms with Crippen LogP contribution < -0.4 is 10.6 Å². The predicted molar refractivity (Wildman–Crippen MR) is 88.8 cm³/mol. The van der Waals surface area contributed by atoms with Gasteiger partial charge in [-0.15, -0.1) is 0 Å². The molecule has 1 heterocycles. The molecule has 23 heavy (non-hydrogen) atoms. The quantitative estimate of drug-likeness (QED) is 0.854. The van der Waals surface area contributed by atoms with E-state index in [-0.39, 0.29) is 13.0 Å². The fourth-order valence-corrected chi connectivity index (χ4v) is 3.54. The van der Waals surface area contributed by atoms with E-state index in [2.05, 4.69) is 17.0 Å². The Morgan fingerprint density at radius 1 is 1.00 bits per heavy atom. The van der Waals surface area contributed by atoms with Crippen molar-refractivity contribution in [1.82, 2.24) is 0 Å². The number of nitrogens with two attached hydrogens (primary N) is 1. The van der Waals surface area contributed by atoms with Gasteiger partial charge in [0, 0.05) is 16.3 Å². The number of anilines is 2. The number of amides is 1. The van der Waals surface area contributed by atoms with Gasteiger partial charge in [0.15, 0.2) is 6.61 Å². The van der Waals surface area contributed by atoms with Crippen molar-refractivity contribution in [2.45, 2.75) is 16.2 Å². The smallest absolute Gasteiger partial charge is 0.308 e. The van der Waals surface area contributed by atoms with Crippen molar-refractivity contribution >= 4 is 35.0 Å². The van der Waals surface area contributed by atoms with Crippen molar-refractivity contribution < 1.29 is 14.3 Å². The van der Waals surface area contributed by atoms with Gasteiger partial charge in [-0.25, -0.2) is 0 Å². The van der Waals surface area contributed by atoms with Gasteiger partial charge in [0.2, 0.25) is 0 Å². The molecule has 1 aliphatic heterocycles. The fourth-order valence-electron chi connectivity index (χ4n) is 2.45. The summed E-state index contributed by atoms with van der Waals surface area (Å²) in [5.74, 6) is -1.08. The third kappa shape index (κ3) is 3.48. The normalized spacial score (nSPS) is 12.3. The summed E-state index contributed by atoms with van der Waals surface area (Å²) < 4.78 is 4.83. The minimum Gasteiger partial charge on any atom is -0.456 e. The van der Waals surface area contributed by atoms with Crippen LogP contribution in [0.1, 0.15) is 6.42 Å². The van der Waals surface area contributed by atoms with Gasteiger partial charge < -0.3 is 15.4 Å². The van der Waals surface area contributed by atoms with E-state index < -0.39 is 11.9 Å². The molecule has 0 saturated carbocycles. The van der Waals surface area contributed by atoms with Crippen LogP contribution in [0.4, 0.5) is 11.4 Å². The summed E-state index contributed by atoms with van der Waals surface area (Å²) in [5, 5.41) is 0. The second-order valence-corrected chi connectivity index (χ2v) is 6.15. The maximum atomic E-state index is 11.8. The van der Waals surface area contributed by atoms with E-state index in [1.54, 1.807) is 11.8 Å². The maximum absolute atomic E-state index is 11.8. The van der Waals surface area contributed by atoms with Crippen LogP contribution >= 0.6 is 11.8 Å². The third-order valence-electron chi connectivity index (χ3n) is 3.45. The number of benzene rings is 2. The highest BCUT2D eigenvalue weighted by Crippen LogP contribution is 2.47. The Morgan fingerprint density at radius 2 is 1.57 bits per heavy atom. The third-order valence-corrected chi connectivity index (χ3v) is 4.58. The molecule has 0 aliphatic carbocycles. The molecule has 0 saturated heterocycles. The Labute approximate surface area is 138 Å². The van der Waals surface area contributed by atoms with Crippen LogP contribution in [0, 0.1) is 0 Å². The summed E-state index contributed by atoms with van der Waals surface area (Å²) in [6.07, 6.45) is 0.181. The number of nitrogens with zero attached hydrogens (tertiary/aromatic N) is 1. The Kier molecular flexibility index (Phi) is 4.52. The largest absolute Gasteiger partial charge is 0.456 e. The number of para-hydroxylation sites is 2. The lowest BCUT2D eigenvalue weighted by atomic mass is 10.2. The summed E-state index contributed by atoms with van der Waals surface area (Å²) in [4.78, 5) is 26.8. The first-order valence-corrected chi connectivity index (χ1v) is 8.04. The highest BCUT2D eigenvalue weighted by molar-refractivity contribution is 7.99. The predicted octanol–water partition coefficient (Wildman–Crippen LogP) is 2.71. The molecule has 3 rings (SSSR count). The van der Waals surface area contributed by atoms with E-state index in [4.69, 9.17) is 10.5 Å². The molecule has 1 aliphatic rings. The molecule has 0 bridgehead atoms. The van der Waals surface area contributed by atoms with E-state index in [1.807, 2.05) is 36.4 Å². The van der Waals surface area contributed by atoms with Crippen molar-refractivity contribution in [1.29, 1.82) is 0 Å². The zero-order chi connectivity index (χ0) is 16.2. The van der Waals surface area contributed by atoms with Gasteiger partial charge in [0.05, 0.1) is 17.8 Å². The number of carbonyl (C=O) groups excluding carboxylic acids is 2. The maximum Gasteiger partial charge on any atom is 0.308 e. The Bertz CT molecular complexity index is 703. The van der Waals surface area contributed by atoms with E-state index in [9.17, 15) is 9.59 Å². The van der Waals surface area contributed by atoms with Crippen LogP contribution in [-0.4, -0.2) is 25.0 Å². The van der Waals surface area contributed by atoms with Gasteiger partial charge >= 0.3 is 5.97 Å². The molecule has 6 heteroatoms. The van der Waals surface area contributed by atoms with Crippen molar-refractivity contribution in [3.8, 4) is 0 Å². The van der Waals surface area contributed by atoms with Crippen molar-refractivity contribution in [2.24, 2.45) is 5.73 Å². The summed E-state index contributed by atoms with van der Waals surface area (Å²) in [6, 6.07) is 16.2. The van der Waals surface area contributed by atoms with Crippen LogP contribution in [-0.2, 0) is 14.3 Å². The molecular weight excluding hydrogens is 312 g/mol. The molecular formula is C17H16N2O3S. The molecule has 1 amide bonds. The van der Waals surface area contributed by atoms with Crippen LogP contribution in [0.15, 0.2) is 58.3 Å². The van der Waals surface area contributed by atoms with Gasteiger partial charge in [-0.3, -0.25) is 9.59 Å². The number of rotatable bonds is 5. The Morgan fingerprint density at radius 3 is 2.13 bits per heavy atom. The summed E-state index contributed by atoms with van der Waals surface area (Å²) in [6.45, 7) is 0.105. The standard InChI is InChI=1S/C17H16N2O3S/c18-16(20)11-22-17(21)9-10-19-12-5-1-3-7-14(12)23-15-8-4-2-6-13(15)19/h1-8H,9-11H2,(H2,18,20). The van der Waals surface area contributed by atoms with E-state index >= 15 is 0 Å². The number of hydrogen-bond acceptors (Lipinski definition) is 5. The molecule has 5 nitrogen and oxygen atoms in total. The molecule has 0 atom stereocenters. The number of primary amides is 1. The highest BCUT2D eigenvalue weighted by Gasteiger charge is 2.23. The van der Waals surface area contributed by atoms with Crippen molar-refractivity contribution in [3.63, 3.8) is 0 Å². The monoisotopic (exact) mass is 328 g/mol. The molecule has 2 N–H and O–H groups in total. The van der Waals surface area contributed by atoms with Crippen molar-refractivity contribution in [3.05, 3.63) is 48.5 Å². The average molecular weight is 328 g/mol. The topological polar surface area (TPSA) is 72.6 Å². The Hall–Kier alpha value is -2.47. The van der Waals surface area contributed by atoms with Gasteiger partial charge in [0.25, 0.3) is 5.91 Å². The minimum absolute atomic E-state index is 0.181. The first-order chi connectivity index (χ1) is 11.1. The second-order valence-electron chi connectivity index (χ2n) is 5.07. The van der Waals surface area contributed by atoms with Crippen LogP contribution in [0.25, 0.3) is 0 Å². The minimum atomic E-state index is -0.650. The molecule has 0 spiro atoms. The molecule has 0 fully saturated rings. The van der Waals surface area contributed by atoms with Gasteiger partial charge in [-0.1, -0.05) is 36.0 Å². The van der Waals surface area contributed by atoms with Crippen molar-refractivity contribution in [2.75, 3.05) is 18.1 Å². The number of hydrogen-bond donors (Lipinski definition) is 1. The van der Waals surface area contributed by atoms with Crippen LogP contribution in [0.3, 0.4) is 0 Å². The molecule has 0 radical (unpaired) electrons. The SMILES string of the molecule is NC(=O)COC(=O)CCN1c2ccccc2Sc2ccccc21.